The van der Waals surface area contributed by atoms with Gasteiger partial charge in [0.2, 0.25) is 5.91 Å². The molecule has 0 aliphatic heterocycles. The molecule has 4 nitrogen and oxygen atoms in total. The highest BCUT2D eigenvalue weighted by molar-refractivity contribution is 5.76. The van der Waals surface area contributed by atoms with Crippen LogP contribution in [0.4, 0.5) is 0 Å². The Morgan fingerprint density at radius 1 is 0.400 bits per heavy atom. The summed E-state index contributed by atoms with van der Waals surface area (Å²) in [7, 11) is 0. The molecule has 0 radical (unpaired) electrons. The summed E-state index contributed by atoms with van der Waals surface area (Å²) >= 11 is 0. The minimum atomic E-state index is -0.875. The molecule has 4 heteroatoms. The van der Waals surface area contributed by atoms with E-state index < -0.39 is 12.1 Å². The van der Waals surface area contributed by atoms with Gasteiger partial charge >= 0.3 is 0 Å². The first kappa shape index (κ1) is 57.8. The zero-order chi connectivity index (χ0) is 43.5. The third kappa shape index (κ3) is 46.9. The van der Waals surface area contributed by atoms with E-state index in [1.54, 1.807) is 6.08 Å². The largest absolute Gasteiger partial charge is 0.394 e. The minimum absolute atomic E-state index is 0.0806. The Morgan fingerprint density at radius 2 is 0.700 bits per heavy atom. The number of aliphatic hydroxyl groups is 2. The number of carbonyl (C=O) groups is 1. The van der Waals surface area contributed by atoms with Gasteiger partial charge in [-0.1, -0.05) is 241 Å². The maximum absolute atomic E-state index is 12.4. The fourth-order valence-electron chi connectivity index (χ4n) is 7.63. The predicted octanol–water partition coefficient (Wildman–Crippen LogP) is 17.0. The number of hydrogen-bond acceptors (Lipinski definition) is 3. The number of aliphatic hydroxyl groups excluding tert-OH is 2. The van der Waals surface area contributed by atoms with Crippen molar-refractivity contribution in [2.75, 3.05) is 6.61 Å². The number of nitrogens with one attached hydrogen (secondary N) is 1. The van der Waals surface area contributed by atoms with E-state index in [4.69, 9.17) is 0 Å². The molecule has 0 aliphatic rings. The first-order chi connectivity index (χ1) is 29.7. The van der Waals surface area contributed by atoms with Crippen LogP contribution in [0.5, 0.6) is 0 Å². The van der Waals surface area contributed by atoms with Gasteiger partial charge in [0.05, 0.1) is 18.8 Å². The van der Waals surface area contributed by atoms with E-state index in [2.05, 4.69) is 79.9 Å². The zero-order valence-corrected chi connectivity index (χ0v) is 40.0. The van der Waals surface area contributed by atoms with Gasteiger partial charge < -0.3 is 15.5 Å². The smallest absolute Gasteiger partial charge is 0.220 e. The molecule has 0 rings (SSSR count). The summed E-state index contributed by atoms with van der Waals surface area (Å²) in [6, 6.07) is -0.650. The van der Waals surface area contributed by atoms with Crippen molar-refractivity contribution in [2.45, 2.75) is 270 Å². The summed E-state index contributed by atoms with van der Waals surface area (Å²) in [6.45, 7) is 4.29. The molecule has 3 N–H and O–H groups in total. The topological polar surface area (TPSA) is 69.6 Å². The summed E-state index contributed by atoms with van der Waals surface area (Å²) in [5.74, 6) is -0.0806. The average Bonchev–Trinajstić information content (AvgIpc) is 3.25. The molecule has 0 heterocycles. The van der Waals surface area contributed by atoms with E-state index in [1.807, 2.05) is 6.08 Å². The molecule has 0 saturated carbocycles. The third-order valence-electron chi connectivity index (χ3n) is 11.6. The highest BCUT2D eigenvalue weighted by Gasteiger charge is 2.17. The lowest BCUT2D eigenvalue weighted by molar-refractivity contribution is -0.123. The molecular formula is C56H101NO3. The van der Waals surface area contributed by atoms with Crippen LogP contribution in [0.15, 0.2) is 72.9 Å². The van der Waals surface area contributed by atoms with Gasteiger partial charge in [-0.3, -0.25) is 4.79 Å². The minimum Gasteiger partial charge on any atom is -0.394 e. The number of carbonyl (C=O) groups excluding carboxylic acids is 1. The van der Waals surface area contributed by atoms with E-state index in [0.29, 0.717) is 6.42 Å². The fourth-order valence-corrected chi connectivity index (χ4v) is 7.63. The van der Waals surface area contributed by atoms with Crippen molar-refractivity contribution in [3.05, 3.63) is 72.9 Å². The highest BCUT2D eigenvalue weighted by Crippen LogP contribution is 2.15. The summed E-state index contributed by atoms with van der Waals surface area (Å²) in [4.78, 5) is 12.4. The Kier molecular flexibility index (Phi) is 49.3. The van der Waals surface area contributed by atoms with Gasteiger partial charge in [-0.25, -0.2) is 0 Å². The normalized spacial score (nSPS) is 13.5. The van der Waals surface area contributed by atoms with Gasteiger partial charge in [-0.15, -0.1) is 0 Å². The van der Waals surface area contributed by atoms with Gasteiger partial charge in [0, 0.05) is 6.42 Å². The van der Waals surface area contributed by atoms with Gasteiger partial charge in [-0.05, 0) is 83.5 Å². The van der Waals surface area contributed by atoms with Gasteiger partial charge in [0.25, 0.3) is 0 Å². The second kappa shape index (κ2) is 51.2. The van der Waals surface area contributed by atoms with Crippen LogP contribution in [0, 0.1) is 0 Å². The van der Waals surface area contributed by atoms with Crippen LogP contribution in [0.25, 0.3) is 0 Å². The molecule has 1 amide bonds. The molecule has 0 aliphatic carbocycles. The van der Waals surface area contributed by atoms with Crippen LogP contribution >= 0.6 is 0 Å². The molecular weight excluding hydrogens is 735 g/mol. The Hall–Kier alpha value is -2.17. The number of amides is 1. The van der Waals surface area contributed by atoms with E-state index >= 15 is 0 Å². The Labute approximate surface area is 374 Å². The van der Waals surface area contributed by atoms with Crippen LogP contribution in [-0.2, 0) is 4.79 Å². The molecule has 60 heavy (non-hydrogen) atoms. The molecule has 0 aromatic carbocycles. The van der Waals surface area contributed by atoms with E-state index in [-0.39, 0.29) is 12.5 Å². The van der Waals surface area contributed by atoms with Gasteiger partial charge in [0.15, 0.2) is 0 Å². The number of allylic oxidation sites excluding steroid dienone is 11. The van der Waals surface area contributed by atoms with Crippen LogP contribution in [0.1, 0.15) is 258 Å². The second-order valence-corrected chi connectivity index (χ2v) is 17.6. The highest BCUT2D eigenvalue weighted by atomic mass is 16.3. The zero-order valence-electron chi connectivity index (χ0n) is 40.0. The number of unbranched alkanes of at least 4 members (excludes halogenated alkanes) is 30. The standard InChI is InChI=1S/C56H101NO3/c1-3-5-7-9-11-13-15-17-19-21-23-25-26-27-28-29-30-32-34-36-38-40-42-44-46-48-50-52-56(60)57-54(53-58)55(59)51-49-47-45-43-41-39-37-35-33-31-24-22-20-18-16-14-12-10-8-6-4-2/h15,17,21,23,26-27,33,35,41,43,49,51,54-55,58-59H,3-14,16,18-20,22,24-25,28-32,34,36-40,42,44-48,50,52-53H2,1-2H3,(H,57,60)/b17-15-,23-21-,27-26-,35-33+,43-41+,51-49+. The fraction of sp³-hybridized carbons (Fsp3) is 0.768. The molecule has 0 fully saturated rings. The van der Waals surface area contributed by atoms with Crippen LogP contribution in [-0.4, -0.2) is 34.9 Å². The van der Waals surface area contributed by atoms with Gasteiger partial charge in [-0.2, -0.15) is 0 Å². The third-order valence-corrected chi connectivity index (χ3v) is 11.6. The molecule has 2 unspecified atom stereocenters. The molecule has 0 bridgehead atoms. The molecule has 348 valence electrons. The van der Waals surface area contributed by atoms with Crippen molar-refractivity contribution in [3.63, 3.8) is 0 Å². The first-order valence-electron chi connectivity index (χ1n) is 26.2. The second-order valence-electron chi connectivity index (χ2n) is 17.6. The van der Waals surface area contributed by atoms with Crippen molar-refractivity contribution >= 4 is 5.91 Å². The van der Waals surface area contributed by atoms with E-state index in [9.17, 15) is 15.0 Å². The number of hydrogen-bond donors (Lipinski definition) is 3. The SMILES string of the molecule is CCCCCCC/C=C\C/C=C\C/C=C\CCCCCCCCCCCCCCC(=O)NC(CO)C(O)/C=C/CC/C=C/CC/C=C/CCCCCCCCCCCCC. The lowest BCUT2D eigenvalue weighted by Gasteiger charge is -2.19. The average molecular weight is 836 g/mol. The summed E-state index contributed by atoms with van der Waals surface area (Å²) in [6.07, 6.45) is 73.2. The quantitative estimate of drug-likeness (QED) is 0.0422. The van der Waals surface area contributed by atoms with Crippen molar-refractivity contribution < 1.29 is 15.0 Å². The Morgan fingerprint density at radius 3 is 1.08 bits per heavy atom. The van der Waals surface area contributed by atoms with Crippen molar-refractivity contribution in [1.82, 2.24) is 5.32 Å². The van der Waals surface area contributed by atoms with Crippen LogP contribution in [0.2, 0.25) is 0 Å². The summed E-state index contributed by atoms with van der Waals surface area (Å²) in [5.41, 5.74) is 0. The van der Waals surface area contributed by atoms with E-state index in [0.717, 1.165) is 51.4 Å². The van der Waals surface area contributed by atoms with Crippen molar-refractivity contribution in [2.24, 2.45) is 0 Å². The Balaban J connectivity index is 3.60. The van der Waals surface area contributed by atoms with E-state index in [1.165, 1.54) is 186 Å². The maximum Gasteiger partial charge on any atom is 0.220 e. The lowest BCUT2D eigenvalue weighted by atomic mass is 10.0. The molecule has 0 aromatic rings. The molecule has 0 saturated heterocycles. The van der Waals surface area contributed by atoms with Crippen molar-refractivity contribution in [1.29, 1.82) is 0 Å². The van der Waals surface area contributed by atoms with Crippen LogP contribution in [0.3, 0.4) is 0 Å². The molecule has 0 spiro atoms. The monoisotopic (exact) mass is 836 g/mol. The number of rotatable bonds is 47. The molecule has 0 aromatic heterocycles. The summed E-state index contributed by atoms with van der Waals surface area (Å²) < 4.78 is 0. The Bertz CT molecular complexity index is 1040. The van der Waals surface area contributed by atoms with Crippen molar-refractivity contribution in [3.8, 4) is 0 Å². The summed E-state index contributed by atoms with van der Waals surface area (Å²) in [5, 5.41) is 23.1. The van der Waals surface area contributed by atoms with Crippen LogP contribution < -0.4 is 5.32 Å². The van der Waals surface area contributed by atoms with Gasteiger partial charge in [0.1, 0.15) is 0 Å². The lowest BCUT2D eigenvalue weighted by Crippen LogP contribution is -2.45. The molecule has 2 atom stereocenters. The maximum atomic E-state index is 12.4. The first-order valence-corrected chi connectivity index (χ1v) is 26.2. The predicted molar refractivity (Wildman–Crippen MR) is 267 cm³/mol.